The van der Waals surface area contributed by atoms with Gasteiger partial charge in [-0.3, -0.25) is 9.88 Å². The number of nitrogens with two attached hydrogens (primary N) is 1. The van der Waals surface area contributed by atoms with Gasteiger partial charge in [0.2, 0.25) is 0 Å². The van der Waals surface area contributed by atoms with Gasteiger partial charge in [-0.25, -0.2) is 9.18 Å². The Bertz CT molecular complexity index is 661. The zero-order valence-corrected chi connectivity index (χ0v) is 16.5. The molecule has 0 bridgehead atoms. The van der Waals surface area contributed by atoms with Crippen molar-refractivity contribution in [1.29, 1.82) is 0 Å². The number of anilines is 1. The van der Waals surface area contributed by atoms with Crippen molar-refractivity contribution in [2.24, 2.45) is 5.73 Å². The van der Waals surface area contributed by atoms with Crippen molar-refractivity contribution in [2.45, 2.75) is 41.2 Å². The van der Waals surface area contributed by atoms with Crippen LogP contribution in [0.1, 0.15) is 40.2 Å². The Kier molecular flexibility index (Phi) is 11.6. The minimum Gasteiger partial charge on any atom is -0.452 e. The molecule has 0 fully saturated rings. The molecule has 0 saturated carbocycles. The highest BCUT2D eigenvalue weighted by Crippen LogP contribution is 2.26. The van der Waals surface area contributed by atoms with Crippen LogP contribution < -0.4 is 10.6 Å². The van der Waals surface area contributed by atoms with Crippen molar-refractivity contribution < 1.29 is 13.9 Å². The average molecular weight is 363 g/mol. The van der Waals surface area contributed by atoms with E-state index in [2.05, 4.69) is 9.72 Å². The second-order valence-corrected chi connectivity index (χ2v) is 4.63. The third-order valence-corrected chi connectivity index (χ3v) is 3.31. The number of carbonyl (C=O) groups is 1. The molecule has 0 aliphatic carbocycles. The van der Waals surface area contributed by atoms with Gasteiger partial charge in [0.05, 0.1) is 12.8 Å². The van der Waals surface area contributed by atoms with Crippen LogP contribution in [0.3, 0.4) is 0 Å². The largest absolute Gasteiger partial charge is 0.452 e. The molecule has 0 atom stereocenters. The van der Waals surface area contributed by atoms with E-state index in [0.29, 0.717) is 30.0 Å². The quantitative estimate of drug-likeness (QED) is 0.831. The lowest BCUT2D eigenvalue weighted by Gasteiger charge is -2.19. The Labute approximate surface area is 156 Å². The maximum Gasteiger partial charge on any atom is 0.413 e. The van der Waals surface area contributed by atoms with Gasteiger partial charge < -0.3 is 10.5 Å². The number of benzene rings is 1. The van der Waals surface area contributed by atoms with Crippen molar-refractivity contribution in [3.63, 3.8) is 0 Å². The average Bonchev–Trinajstić information content (AvgIpc) is 2.71. The Morgan fingerprint density at radius 1 is 1.19 bits per heavy atom. The first-order chi connectivity index (χ1) is 12.6. The van der Waals surface area contributed by atoms with Gasteiger partial charge in [-0.05, 0) is 36.8 Å². The van der Waals surface area contributed by atoms with Crippen LogP contribution in [-0.4, -0.2) is 24.7 Å². The van der Waals surface area contributed by atoms with E-state index in [4.69, 9.17) is 5.73 Å². The number of rotatable bonds is 4. The van der Waals surface area contributed by atoms with Crippen LogP contribution in [0.4, 0.5) is 14.9 Å². The fraction of sp³-hybridized carbons (Fsp3) is 0.400. The van der Waals surface area contributed by atoms with Gasteiger partial charge in [0.1, 0.15) is 5.82 Å². The number of methoxy groups -OCH3 is 1. The smallest absolute Gasteiger partial charge is 0.413 e. The summed E-state index contributed by atoms with van der Waals surface area (Å²) in [5, 5.41) is 0. The third-order valence-electron chi connectivity index (χ3n) is 3.31. The molecule has 0 unspecified atom stereocenters. The summed E-state index contributed by atoms with van der Waals surface area (Å²) in [5.74, 6) is -0.451. The van der Waals surface area contributed by atoms with E-state index in [-0.39, 0.29) is 0 Å². The highest BCUT2D eigenvalue weighted by atomic mass is 19.1. The molecule has 2 rings (SSSR count). The van der Waals surface area contributed by atoms with E-state index in [9.17, 15) is 9.18 Å². The molecule has 1 amide bonds. The summed E-state index contributed by atoms with van der Waals surface area (Å²) in [4.78, 5) is 17.2. The van der Waals surface area contributed by atoms with E-state index in [1.54, 1.807) is 31.3 Å². The molecule has 2 N–H and O–H groups in total. The Morgan fingerprint density at radius 3 is 2.27 bits per heavy atom. The minimum atomic E-state index is -0.528. The third kappa shape index (κ3) is 6.11. The van der Waals surface area contributed by atoms with Crippen LogP contribution in [0.2, 0.25) is 0 Å². The van der Waals surface area contributed by atoms with Crippen LogP contribution >= 0.6 is 0 Å². The van der Waals surface area contributed by atoms with Gasteiger partial charge >= 0.3 is 6.09 Å². The van der Waals surface area contributed by atoms with Gasteiger partial charge in [0.25, 0.3) is 0 Å². The number of halogens is 1. The standard InChI is InChI=1S/C16H18FN3O2.2C2H6/c1-3-20(16(21)22-2)12-5-6-13(14(17)8-12)15-7-4-11(9-18)10-19-15;2*1-2/h4-8,10H,3,9,18H2,1-2H3;2*1-2H3. The van der Waals surface area contributed by atoms with Crippen LogP contribution in [0.25, 0.3) is 11.3 Å². The van der Waals surface area contributed by atoms with Crippen LogP contribution in [0.15, 0.2) is 36.5 Å². The fourth-order valence-corrected chi connectivity index (χ4v) is 2.11. The van der Waals surface area contributed by atoms with Crippen LogP contribution in [-0.2, 0) is 11.3 Å². The predicted octanol–water partition coefficient (Wildman–Crippen LogP) is 4.99. The monoisotopic (exact) mass is 363 g/mol. The van der Waals surface area contributed by atoms with Gasteiger partial charge in [-0.2, -0.15) is 0 Å². The molecular formula is C20H30FN3O2. The molecular weight excluding hydrogens is 333 g/mol. The molecule has 5 nitrogen and oxygen atoms in total. The first-order valence-corrected chi connectivity index (χ1v) is 8.91. The SMILES string of the molecule is CC.CC.CCN(C(=O)OC)c1ccc(-c2ccc(CN)cn2)c(F)c1. The number of hydrogen-bond acceptors (Lipinski definition) is 4. The summed E-state index contributed by atoms with van der Waals surface area (Å²) in [7, 11) is 1.29. The van der Waals surface area contributed by atoms with Crippen molar-refractivity contribution in [2.75, 3.05) is 18.6 Å². The molecule has 26 heavy (non-hydrogen) atoms. The zero-order valence-electron chi connectivity index (χ0n) is 16.5. The molecule has 0 saturated heterocycles. The van der Waals surface area contributed by atoms with Gasteiger partial charge in [-0.1, -0.05) is 33.8 Å². The highest BCUT2D eigenvalue weighted by Gasteiger charge is 2.16. The van der Waals surface area contributed by atoms with Crippen molar-refractivity contribution in [1.82, 2.24) is 4.98 Å². The maximum atomic E-state index is 14.3. The Balaban J connectivity index is 0.00000146. The molecule has 144 valence electrons. The molecule has 0 radical (unpaired) electrons. The summed E-state index contributed by atoms with van der Waals surface area (Å²) in [6.45, 7) is 10.6. The fourth-order valence-electron chi connectivity index (χ4n) is 2.11. The van der Waals surface area contributed by atoms with E-state index < -0.39 is 11.9 Å². The molecule has 0 aliphatic rings. The molecule has 2 aromatic rings. The van der Waals surface area contributed by atoms with Crippen molar-refractivity contribution >= 4 is 11.8 Å². The van der Waals surface area contributed by atoms with Gasteiger partial charge in [0, 0.05) is 30.5 Å². The summed E-state index contributed by atoms with van der Waals surface area (Å²) in [6, 6.07) is 8.09. The number of pyridine rings is 1. The van der Waals surface area contributed by atoms with Crippen LogP contribution in [0.5, 0.6) is 0 Å². The number of aromatic nitrogens is 1. The minimum absolute atomic E-state index is 0.369. The summed E-state index contributed by atoms with van der Waals surface area (Å²) >= 11 is 0. The summed E-state index contributed by atoms with van der Waals surface area (Å²) in [5.41, 5.74) is 7.72. The maximum absolute atomic E-state index is 14.3. The first-order valence-electron chi connectivity index (χ1n) is 8.91. The number of carbonyl (C=O) groups excluding carboxylic acids is 1. The number of nitrogens with zero attached hydrogens (tertiary/aromatic N) is 2. The molecule has 0 aliphatic heterocycles. The molecule has 1 heterocycles. The van der Waals surface area contributed by atoms with E-state index in [0.717, 1.165) is 5.56 Å². The normalized spacial score (nSPS) is 9.23. The van der Waals surface area contributed by atoms with Gasteiger partial charge in [-0.15, -0.1) is 0 Å². The first kappa shape index (κ1) is 23.5. The zero-order chi connectivity index (χ0) is 20.1. The van der Waals surface area contributed by atoms with Crippen LogP contribution in [0, 0.1) is 5.82 Å². The summed E-state index contributed by atoms with van der Waals surface area (Å²) < 4.78 is 19.0. The van der Waals surface area contributed by atoms with E-state index >= 15 is 0 Å². The number of amides is 1. The second-order valence-electron chi connectivity index (χ2n) is 4.63. The number of ether oxygens (including phenoxy) is 1. The Hall–Kier alpha value is -2.47. The second kappa shape index (κ2) is 12.8. The van der Waals surface area contributed by atoms with E-state index in [1.165, 1.54) is 18.1 Å². The molecule has 0 spiro atoms. The molecule has 1 aromatic carbocycles. The van der Waals surface area contributed by atoms with E-state index in [1.807, 2.05) is 33.8 Å². The topological polar surface area (TPSA) is 68.5 Å². The Morgan fingerprint density at radius 2 is 1.85 bits per heavy atom. The van der Waals surface area contributed by atoms with Crippen molar-refractivity contribution in [3.05, 3.63) is 47.9 Å². The lowest BCUT2D eigenvalue weighted by molar-refractivity contribution is 0.179. The molecule has 1 aromatic heterocycles. The van der Waals surface area contributed by atoms with Crippen molar-refractivity contribution in [3.8, 4) is 11.3 Å². The lowest BCUT2D eigenvalue weighted by atomic mass is 10.1. The predicted molar refractivity (Wildman–Crippen MR) is 106 cm³/mol. The molecule has 6 heteroatoms. The van der Waals surface area contributed by atoms with Gasteiger partial charge in [0.15, 0.2) is 0 Å². The number of hydrogen-bond donors (Lipinski definition) is 1. The summed E-state index contributed by atoms with van der Waals surface area (Å²) in [6.07, 6.45) is 1.09. The lowest BCUT2D eigenvalue weighted by Crippen LogP contribution is -2.30. The highest BCUT2D eigenvalue weighted by molar-refractivity contribution is 5.87.